The number of nitrogens with zero attached hydrogens (tertiary/aromatic N) is 3. The van der Waals surface area contributed by atoms with Gasteiger partial charge in [0, 0.05) is 11.3 Å². The number of aromatic amines is 1. The van der Waals surface area contributed by atoms with Gasteiger partial charge < -0.3 is 0 Å². The molecule has 0 spiro atoms. The van der Waals surface area contributed by atoms with Gasteiger partial charge in [0.05, 0.1) is 11.8 Å². The fourth-order valence-corrected chi connectivity index (χ4v) is 2.95. The number of H-pyrrole nitrogens is 1. The van der Waals surface area contributed by atoms with Crippen LogP contribution in [0.25, 0.3) is 0 Å². The zero-order valence-electron chi connectivity index (χ0n) is 12.1. The Labute approximate surface area is 144 Å². The summed E-state index contributed by atoms with van der Waals surface area (Å²) >= 11 is 6.70. The zero-order chi connectivity index (χ0) is 17.2. The second kappa shape index (κ2) is 6.70. The Kier molecular flexibility index (Phi) is 4.63. The molecule has 0 atom stereocenters. The van der Waals surface area contributed by atoms with Crippen LogP contribution in [-0.4, -0.2) is 21.1 Å². The van der Waals surface area contributed by atoms with Crippen molar-refractivity contribution < 1.29 is 13.2 Å². The summed E-state index contributed by atoms with van der Waals surface area (Å²) in [5, 5.41) is 12.9. The number of halogens is 3. The lowest BCUT2D eigenvalue weighted by Gasteiger charge is -2.06. The van der Waals surface area contributed by atoms with Gasteiger partial charge in [0.1, 0.15) is 0 Å². The second-order valence-corrected chi connectivity index (χ2v) is 6.30. The van der Waals surface area contributed by atoms with Crippen molar-refractivity contribution in [2.24, 2.45) is 5.10 Å². The third kappa shape index (κ3) is 3.80. The summed E-state index contributed by atoms with van der Waals surface area (Å²) in [6.45, 7) is 0. The van der Waals surface area contributed by atoms with E-state index in [0.717, 1.165) is 17.0 Å². The van der Waals surface area contributed by atoms with Crippen LogP contribution < -0.4 is 0 Å². The molecule has 0 radical (unpaired) electrons. The van der Waals surface area contributed by atoms with Gasteiger partial charge in [0.2, 0.25) is 4.77 Å². The Morgan fingerprint density at radius 3 is 2.83 bits per heavy atom. The lowest BCUT2D eigenvalue weighted by Crippen LogP contribution is -2.05. The first-order valence-corrected chi connectivity index (χ1v) is 8.12. The number of thiophene rings is 1. The molecular weight excluding hydrogens is 357 g/mol. The number of aromatic nitrogens is 3. The van der Waals surface area contributed by atoms with Crippen molar-refractivity contribution in [2.75, 3.05) is 0 Å². The Morgan fingerprint density at radius 1 is 1.29 bits per heavy atom. The van der Waals surface area contributed by atoms with Gasteiger partial charge in [-0.05, 0) is 41.4 Å². The fourth-order valence-electron chi connectivity index (χ4n) is 2.05. The van der Waals surface area contributed by atoms with Crippen LogP contribution in [0.3, 0.4) is 0 Å². The second-order valence-electron chi connectivity index (χ2n) is 4.88. The van der Waals surface area contributed by atoms with E-state index in [1.807, 2.05) is 17.5 Å². The van der Waals surface area contributed by atoms with E-state index in [2.05, 4.69) is 15.3 Å². The Bertz CT molecular complexity index is 907. The summed E-state index contributed by atoms with van der Waals surface area (Å²) < 4.78 is 39.9. The van der Waals surface area contributed by atoms with E-state index in [4.69, 9.17) is 12.2 Å². The first kappa shape index (κ1) is 16.6. The molecule has 0 aliphatic carbocycles. The summed E-state index contributed by atoms with van der Waals surface area (Å²) in [6.07, 6.45) is -2.52. The number of rotatable bonds is 4. The smallest absolute Gasteiger partial charge is 0.250 e. The standard InChI is InChI=1S/C15H11F3N4S2/c16-15(17,18)11-4-1-3-10(7-11)9-19-22-13(20-21-14(22)23)8-12-5-2-6-24-12/h1-7,9H,8H2,(H,21,23)/b19-9-. The fraction of sp³-hybridized carbons (Fsp3) is 0.133. The van der Waals surface area contributed by atoms with Gasteiger partial charge in [-0.25, -0.2) is 0 Å². The number of nitrogens with one attached hydrogen (secondary N) is 1. The predicted molar refractivity (Wildman–Crippen MR) is 89.0 cm³/mol. The molecule has 124 valence electrons. The van der Waals surface area contributed by atoms with E-state index in [0.29, 0.717) is 17.8 Å². The molecular formula is C15H11F3N4S2. The molecule has 0 saturated heterocycles. The quantitative estimate of drug-likeness (QED) is 0.545. The maximum absolute atomic E-state index is 12.7. The maximum atomic E-state index is 12.7. The lowest BCUT2D eigenvalue weighted by molar-refractivity contribution is -0.137. The number of alkyl halides is 3. The van der Waals surface area contributed by atoms with Crippen molar-refractivity contribution in [1.29, 1.82) is 0 Å². The van der Waals surface area contributed by atoms with E-state index in [-0.39, 0.29) is 4.77 Å². The first-order chi connectivity index (χ1) is 11.4. The highest BCUT2D eigenvalue weighted by atomic mass is 32.1. The molecule has 1 aromatic carbocycles. The van der Waals surface area contributed by atoms with Crippen LogP contribution in [0.2, 0.25) is 0 Å². The Hall–Kier alpha value is -2.26. The molecule has 4 nitrogen and oxygen atoms in total. The third-order valence-corrected chi connectivity index (χ3v) is 4.31. The van der Waals surface area contributed by atoms with Crippen LogP contribution in [-0.2, 0) is 12.6 Å². The molecule has 9 heteroatoms. The van der Waals surface area contributed by atoms with Crippen molar-refractivity contribution in [1.82, 2.24) is 14.9 Å². The Balaban J connectivity index is 1.87. The lowest BCUT2D eigenvalue weighted by atomic mass is 10.1. The minimum atomic E-state index is -4.39. The summed E-state index contributed by atoms with van der Waals surface area (Å²) in [6, 6.07) is 8.82. The topological polar surface area (TPSA) is 46.0 Å². The summed E-state index contributed by atoms with van der Waals surface area (Å²) in [4.78, 5) is 1.08. The monoisotopic (exact) mass is 368 g/mol. The zero-order valence-corrected chi connectivity index (χ0v) is 13.8. The largest absolute Gasteiger partial charge is 0.416 e. The highest BCUT2D eigenvalue weighted by Crippen LogP contribution is 2.29. The van der Waals surface area contributed by atoms with Crippen LogP contribution in [0.15, 0.2) is 46.9 Å². The van der Waals surface area contributed by atoms with E-state index in [9.17, 15) is 13.2 Å². The molecule has 0 fully saturated rings. The molecule has 2 heterocycles. The van der Waals surface area contributed by atoms with Crippen LogP contribution in [0.5, 0.6) is 0 Å². The minimum Gasteiger partial charge on any atom is -0.250 e. The SMILES string of the molecule is FC(F)(F)c1cccc(/C=N\n2c(Cc3cccs3)n[nH]c2=S)c1. The van der Waals surface area contributed by atoms with Crippen molar-refractivity contribution in [3.8, 4) is 0 Å². The minimum absolute atomic E-state index is 0.282. The van der Waals surface area contributed by atoms with Crippen molar-refractivity contribution in [3.63, 3.8) is 0 Å². The van der Waals surface area contributed by atoms with Crippen LogP contribution in [0.1, 0.15) is 21.8 Å². The van der Waals surface area contributed by atoms with Crippen molar-refractivity contribution in [3.05, 3.63) is 68.4 Å². The van der Waals surface area contributed by atoms with Gasteiger partial charge in [-0.3, -0.25) is 5.10 Å². The predicted octanol–water partition coefficient (Wildman–Crippen LogP) is 4.49. The highest BCUT2D eigenvalue weighted by molar-refractivity contribution is 7.71. The molecule has 2 aromatic heterocycles. The number of benzene rings is 1. The molecule has 0 bridgehead atoms. The van der Waals surface area contributed by atoms with Crippen LogP contribution in [0.4, 0.5) is 13.2 Å². The van der Waals surface area contributed by atoms with E-state index in [1.165, 1.54) is 17.0 Å². The Morgan fingerprint density at radius 2 is 2.12 bits per heavy atom. The van der Waals surface area contributed by atoms with Gasteiger partial charge in [-0.15, -0.1) is 11.3 Å². The van der Waals surface area contributed by atoms with Gasteiger partial charge in [-0.1, -0.05) is 18.2 Å². The average molecular weight is 368 g/mol. The summed E-state index contributed by atoms with van der Waals surface area (Å²) in [5.74, 6) is 0.589. The van der Waals surface area contributed by atoms with Gasteiger partial charge in [0.15, 0.2) is 5.82 Å². The molecule has 0 saturated carbocycles. The maximum Gasteiger partial charge on any atom is 0.416 e. The average Bonchev–Trinajstić information content (AvgIpc) is 3.16. The van der Waals surface area contributed by atoms with Gasteiger partial charge >= 0.3 is 6.18 Å². The molecule has 3 aromatic rings. The molecule has 0 amide bonds. The van der Waals surface area contributed by atoms with Crippen molar-refractivity contribution in [2.45, 2.75) is 12.6 Å². The molecule has 0 unspecified atom stereocenters. The van der Waals surface area contributed by atoms with E-state index in [1.54, 1.807) is 17.4 Å². The number of hydrogen-bond donors (Lipinski definition) is 1. The van der Waals surface area contributed by atoms with Crippen LogP contribution >= 0.6 is 23.6 Å². The van der Waals surface area contributed by atoms with E-state index < -0.39 is 11.7 Å². The van der Waals surface area contributed by atoms with E-state index >= 15 is 0 Å². The molecule has 1 N–H and O–H groups in total. The third-order valence-electron chi connectivity index (χ3n) is 3.17. The van der Waals surface area contributed by atoms with Crippen LogP contribution in [0, 0.1) is 4.77 Å². The van der Waals surface area contributed by atoms with Gasteiger partial charge in [0.25, 0.3) is 0 Å². The summed E-state index contributed by atoms with van der Waals surface area (Å²) in [7, 11) is 0. The number of hydrogen-bond acceptors (Lipinski definition) is 4. The molecule has 3 rings (SSSR count). The normalized spacial score (nSPS) is 12.1. The first-order valence-electron chi connectivity index (χ1n) is 6.84. The van der Waals surface area contributed by atoms with Crippen molar-refractivity contribution >= 4 is 29.8 Å². The highest BCUT2D eigenvalue weighted by Gasteiger charge is 2.30. The molecule has 24 heavy (non-hydrogen) atoms. The molecule has 0 aliphatic heterocycles. The molecule has 0 aliphatic rings. The van der Waals surface area contributed by atoms with Gasteiger partial charge in [-0.2, -0.15) is 28.0 Å². The summed E-state index contributed by atoms with van der Waals surface area (Å²) in [5.41, 5.74) is -0.393.